The second-order valence-corrected chi connectivity index (χ2v) is 17.4. The molecule has 208 valence electrons. The fourth-order valence-electron chi connectivity index (χ4n) is 4.05. The minimum atomic E-state index is -4.57. The van der Waals surface area contributed by atoms with Gasteiger partial charge in [0, 0.05) is 22.3 Å². The van der Waals surface area contributed by atoms with Gasteiger partial charge in [-0.1, -0.05) is 83.1 Å². The van der Waals surface area contributed by atoms with Crippen LogP contribution in [0.4, 0.5) is 0 Å². The Morgan fingerprint density at radius 2 is 0.676 bits per heavy atom. The third kappa shape index (κ3) is 6.67. The summed E-state index contributed by atoms with van der Waals surface area (Å²) in [6.45, 7) is 22.1. The van der Waals surface area contributed by atoms with Crippen molar-refractivity contribution in [3.63, 3.8) is 0 Å². The molecule has 37 heavy (non-hydrogen) atoms. The molecule has 0 aliphatic rings. The van der Waals surface area contributed by atoms with E-state index < -0.39 is 41.7 Å². The molecule has 0 spiro atoms. The minimum absolute atomic E-state index is 0.00928. The van der Waals surface area contributed by atoms with E-state index in [2.05, 4.69) is 0 Å². The summed E-state index contributed by atoms with van der Waals surface area (Å²) in [5.41, 5.74) is -0.827. The Morgan fingerprint density at radius 3 is 0.838 bits per heavy atom. The number of aromatic hydroxyl groups is 2. The standard InChI is InChI=1S/C28H43NO6S2/c1-25(2,3)19-13-17(14-20(23(19)30)26(4,5)6)36(32,33)29-37(34,35)18-15-21(27(7,8)9)24(31)22(16-18)28(10,11)12/h13-16,29-31H,1-12H3. The second kappa shape index (κ2) is 9.27. The fraction of sp³-hybridized carbons (Fsp3) is 0.571. The number of sulfonamides is 2. The van der Waals surface area contributed by atoms with Gasteiger partial charge in [-0.05, 0) is 45.9 Å². The van der Waals surface area contributed by atoms with Crippen molar-refractivity contribution in [3.05, 3.63) is 46.5 Å². The number of rotatable bonds is 4. The van der Waals surface area contributed by atoms with Crippen LogP contribution in [0.25, 0.3) is 0 Å². The molecule has 0 amide bonds. The number of hydrogen-bond donors (Lipinski definition) is 3. The van der Waals surface area contributed by atoms with E-state index in [0.717, 1.165) is 0 Å². The van der Waals surface area contributed by atoms with Crippen LogP contribution in [0.2, 0.25) is 0 Å². The SMILES string of the molecule is CC(C)(C)c1cc(S(=O)(=O)NS(=O)(=O)c2cc(C(C)(C)C)c(O)c(C(C)(C)C)c2)cc(C(C)(C)C)c1O. The summed E-state index contributed by atoms with van der Waals surface area (Å²) >= 11 is 0. The highest BCUT2D eigenvalue weighted by atomic mass is 32.3. The lowest BCUT2D eigenvalue weighted by Gasteiger charge is -2.28. The van der Waals surface area contributed by atoms with Crippen molar-refractivity contribution in [2.75, 3.05) is 0 Å². The monoisotopic (exact) mass is 553 g/mol. The normalized spacial score (nSPS) is 14.2. The van der Waals surface area contributed by atoms with Gasteiger partial charge in [0.15, 0.2) is 0 Å². The molecule has 0 saturated carbocycles. The summed E-state index contributed by atoms with van der Waals surface area (Å²) in [5, 5.41) is 21.9. The molecule has 0 radical (unpaired) electrons. The van der Waals surface area contributed by atoms with E-state index in [-0.39, 0.29) is 21.3 Å². The molecule has 0 fully saturated rings. The molecule has 0 aromatic heterocycles. The maximum Gasteiger partial charge on any atom is 0.253 e. The summed E-state index contributed by atoms with van der Waals surface area (Å²) in [6, 6.07) is 5.28. The molecule has 3 N–H and O–H groups in total. The molecule has 7 nitrogen and oxygen atoms in total. The molecule has 0 unspecified atom stereocenters. The number of phenols is 2. The maximum atomic E-state index is 13.5. The first kappa shape index (κ1) is 31.1. The van der Waals surface area contributed by atoms with Crippen molar-refractivity contribution in [1.29, 1.82) is 0 Å². The Labute approximate surface area is 223 Å². The number of benzene rings is 2. The Kier molecular flexibility index (Phi) is 7.80. The zero-order valence-electron chi connectivity index (χ0n) is 24.2. The van der Waals surface area contributed by atoms with Crippen LogP contribution in [-0.4, -0.2) is 27.0 Å². The van der Waals surface area contributed by atoms with Gasteiger partial charge in [-0.25, -0.2) is 16.8 Å². The molecule has 0 aliphatic heterocycles. The van der Waals surface area contributed by atoms with Gasteiger partial charge in [-0.3, -0.25) is 0 Å². The largest absolute Gasteiger partial charge is 0.507 e. The molecule has 0 heterocycles. The lowest BCUT2D eigenvalue weighted by Crippen LogP contribution is -2.32. The van der Waals surface area contributed by atoms with Crippen molar-refractivity contribution in [2.45, 2.75) is 115 Å². The van der Waals surface area contributed by atoms with Crippen molar-refractivity contribution in [2.24, 2.45) is 0 Å². The van der Waals surface area contributed by atoms with Gasteiger partial charge in [0.2, 0.25) is 0 Å². The van der Waals surface area contributed by atoms with Crippen LogP contribution >= 0.6 is 0 Å². The average molecular weight is 554 g/mol. The number of phenolic OH excluding ortho intramolecular Hbond substituents is 2. The topological polar surface area (TPSA) is 121 Å². The molecule has 2 aromatic carbocycles. The predicted octanol–water partition coefficient (Wildman–Crippen LogP) is 5.96. The van der Waals surface area contributed by atoms with E-state index >= 15 is 0 Å². The summed E-state index contributed by atoms with van der Waals surface area (Å²) in [4.78, 5) is -0.510. The third-order valence-corrected chi connectivity index (χ3v) is 9.71. The summed E-state index contributed by atoms with van der Waals surface area (Å²) in [6.07, 6.45) is 0. The highest BCUT2D eigenvalue weighted by Crippen LogP contribution is 2.42. The molecule has 2 aromatic rings. The van der Waals surface area contributed by atoms with Gasteiger partial charge in [-0.2, -0.15) is 0 Å². The van der Waals surface area contributed by atoms with Crippen LogP contribution in [0.1, 0.15) is 105 Å². The van der Waals surface area contributed by atoms with Crippen molar-refractivity contribution in [1.82, 2.24) is 4.13 Å². The molecule has 0 saturated heterocycles. The van der Waals surface area contributed by atoms with E-state index in [4.69, 9.17) is 0 Å². The van der Waals surface area contributed by atoms with E-state index in [0.29, 0.717) is 22.3 Å². The summed E-state index contributed by atoms with van der Waals surface area (Å²) in [7, 11) is -9.13. The van der Waals surface area contributed by atoms with Crippen LogP contribution in [0.5, 0.6) is 11.5 Å². The van der Waals surface area contributed by atoms with Crippen LogP contribution in [0.15, 0.2) is 34.1 Å². The fourth-order valence-corrected chi connectivity index (χ4v) is 7.07. The lowest BCUT2D eigenvalue weighted by molar-refractivity contribution is 0.421. The summed E-state index contributed by atoms with van der Waals surface area (Å²) in [5.74, 6) is -0.0186. The first-order chi connectivity index (χ1) is 16.2. The third-order valence-electron chi connectivity index (χ3n) is 6.24. The van der Waals surface area contributed by atoms with Crippen LogP contribution in [0.3, 0.4) is 0 Å². The molecule has 9 heteroatoms. The highest BCUT2D eigenvalue weighted by Gasteiger charge is 2.34. The Balaban J connectivity index is 2.79. The molecule has 0 bridgehead atoms. The van der Waals surface area contributed by atoms with Crippen LogP contribution in [0, 0.1) is 0 Å². The van der Waals surface area contributed by atoms with Gasteiger partial charge in [0.1, 0.15) is 11.5 Å². The summed E-state index contributed by atoms with van der Waals surface area (Å²) < 4.78 is 55.9. The van der Waals surface area contributed by atoms with Gasteiger partial charge in [-0.15, -0.1) is 4.13 Å². The Hall–Kier alpha value is -2.10. The number of nitrogens with one attached hydrogen (secondary N) is 1. The zero-order valence-corrected chi connectivity index (χ0v) is 25.8. The van der Waals surface area contributed by atoms with Gasteiger partial charge >= 0.3 is 0 Å². The Bertz CT molecular complexity index is 1230. The maximum absolute atomic E-state index is 13.5. The first-order valence-corrected chi connectivity index (χ1v) is 15.2. The Morgan fingerprint density at radius 1 is 0.486 bits per heavy atom. The molecule has 2 rings (SSSR count). The van der Waals surface area contributed by atoms with E-state index in [1.165, 1.54) is 24.3 Å². The predicted molar refractivity (Wildman–Crippen MR) is 149 cm³/mol. The van der Waals surface area contributed by atoms with Crippen molar-refractivity contribution < 1.29 is 27.0 Å². The smallest absolute Gasteiger partial charge is 0.253 e. The molecule has 0 aliphatic carbocycles. The van der Waals surface area contributed by atoms with Crippen molar-refractivity contribution >= 4 is 20.0 Å². The quantitative estimate of drug-likeness (QED) is 0.430. The molecular formula is C28H43NO6S2. The first-order valence-electron chi connectivity index (χ1n) is 12.2. The zero-order chi connectivity index (χ0) is 29.2. The van der Waals surface area contributed by atoms with Crippen molar-refractivity contribution in [3.8, 4) is 11.5 Å². The van der Waals surface area contributed by atoms with Crippen LogP contribution in [-0.2, 0) is 41.7 Å². The van der Waals surface area contributed by atoms with E-state index in [1.54, 1.807) is 0 Å². The van der Waals surface area contributed by atoms with Crippen LogP contribution < -0.4 is 4.13 Å². The van der Waals surface area contributed by atoms with Gasteiger partial charge < -0.3 is 10.2 Å². The van der Waals surface area contributed by atoms with E-state index in [9.17, 15) is 27.0 Å². The second-order valence-electron chi connectivity index (χ2n) is 13.8. The van der Waals surface area contributed by atoms with E-state index in [1.807, 2.05) is 87.2 Å². The lowest BCUT2D eigenvalue weighted by atomic mass is 9.79. The average Bonchev–Trinajstić information content (AvgIpc) is 2.63. The molecular weight excluding hydrogens is 510 g/mol. The minimum Gasteiger partial charge on any atom is -0.507 e. The molecule has 0 atom stereocenters. The number of hydrogen-bond acceptors (Lipinski definition) is 6. The van der Waals surface area contributed by atoms with Gasteiger partial charge in [0.25, 0.3) is 20.0 Å². The van der Waals surface area contributed by atoms with Gasteiger partial charge in [0.05, 0.1) is 9.79 Å². The highest BCUT2D eigenvalue weighted by molar-refractivity contribution is 8.04.